The maximum absolute atomic E-state index is 11.5. The molecule has 0 saturated heterocycles. The highest BCUT2D eigenvalue weighted by molar-refractivity contribution is 5.95. The zero-order valence-electron chi connectivity index (χ0n) is 11.9. The van der Waals surface area contributed by atoms with E-state index in [0.29, 0.717) is 6.42 Å². The Morgan fingerprint density at radius 2 is 2.00 bits per heavy atom. The van der Waals surface area contributed by atoms with Crippen LogP contribution in [0, 0.1) is 0 Å². The smallest absolute Gasteiger partial charge is 0.224 e. The van der Waals surface area contributed by atoms with E-state index in [-0.39, 0.29) is 5.91 Å². The summed E-state index contributed by atoms with van der Waals surface area (Å²) in [4.78, 5) is 18.1. The largest absolute Gasteiger partial charge is 0.398 e. The molecule has 0 aromatic heterocycles. The highest BCUT2D eigenvalue weighted by Gasteiger charge is 2.05. The lowest BCUT2D eigenvalue weighted by Gasteiger charge is -2.18. The van der Waals surface area contributed by atoms with Crippen molar-refractivity contribution in [2.75, 3.05) is 24.4 Å². The molecule has 1 N–H and O–H groups in total. The fourth-order valence-corrected chi connectivity index (χ4v) is 1.60. The summed E-state index contributed by atoms with van der Waals surface area (Å²) in [6.45, 7) is 3.84. The molecule has 0 heterocycles. The van der Waals surface area contributed by atoms with Gasteiger partial charge in [-0.25, -0.2) is 0 Å². The van der Waals surface area contributed by atoms with Crippen LogP contribution in [-0.4, -0.2) is 25.9 Å². The lowest BCUT2D eigenvalue weighted by Crippen LogP contribution is -2.23. The van der Waals surface area contributed by atoms with Gasteiger partial charge in [0.1, 0.15) is 12.9 Å². The van der Waals surface area contributed by atoms with Gasteiger partial charge in [0.15, 0.2) is 0 Å². The summed E-state index contributed by atoms with van der Waals surface area (Å²) in [7, 11) is 3.42. The highest BCUT2D eigenvalue weighted by Crippen LogP contribution is 2.17. The molecule has 1 aromatic carbocycles. The lowest BCUT2D eigenvalue weighted by molar-refractivity contribution is -0.116. The minimum absolute atomic E-state index is 0.0423. The second kappa shape index (κ2) is 7.41. The van der Waals surface area contributed by atoms with Crippen molar-refractivity contribution in [1.82, 2.24) is 0 Å². The van der Waals surface area contributed by atoms with Gasteiger partial charge in [-0.15, -0.1) is 0 Å². The maximum atomic E-state index is 11.5. The molecule has 0 aliphatic heterocycles. The molecule has 0 atom stereocenters. The number of rotatable bonds is 5. The third-order valence-electron chi connectivity index (χ3n) is 2.72. The van der Waals surface area contributed by atoms with Crippen LogP contribution in [0.5, 0.6) is 0 Å². The number of amides is 1. The molecule has 1 amide bonds. The number of oxime groups is 1. The molecule has 0 spiro atoms. The first-order valence-electron chi connectivity index (χ1n) is 6.30. The Morgan fingerprint density at radius 3 is 2.53 bits per heavy atom. The van der Waals surface area contributed by atoms with Crippen molar-refractivity contribution >= 4 is 23.1 Å². The number of carbonyl (C=O) groups excluding carboxylic acids is 1. The van der Waals surface area contributed by atoms with Gasteiger partial charge in [0.25, 0.3) is 0 Å². The van der Waals surface area contributed by atoms with Crippen LogP contribution in [0.3, 0.4) is 0 Å². The molecular formula is C14H21N3O2. The summed E-state index contributed by atoms with van der Waals surface area (Å²) in [5.74, 6) is 0.797. The summed E-state index contributed by atoms with van der Waals surface area (Å²) in [6.07, 6.45) is 1.39. The van der Waals surface area contributed by atoms with Gasteiger partial charge in [-0.05, 0) is 37.6 Å². The number of nitrogens with zero attached hydrogens (tertiary/aromatic N) is 2. The molecule has 0 aliphatic rings. The average Bonchev–Trinajstić information content (AvgIpc) is 2.39. The van der Waals surface area contributed by atoms with Crippen LogP contribution in [0.4, 0.5) is 11.4 Å². The summed E-state index contributed by atoms with van der Waals surface area (Å²) in [5.41, 5.74) is 1.78. The van der Waals surface area contributed by atoms with Gasteiger partial charge in [-0.1, -0.05) is 12.1 Å². The third-order valence-corrected chi connectivity index (χ3v) is 2.72. The lowest BCUT2D eigenvalue weighted by atomic mass is 10.2. The van der Waals surface area contributed by atoms with Crippen LogP contribution in [-0.2, 0) is 9.63 Å². The van der Waals surface area contributed by atoms with Crippen LogP contribution in [0.15, 0.2) is 29.4 Å². The van der Waals surface area contributed by atoms with Gasteiger partial charge in [0.05, 0.1) is 0 Å². The van der Waals surface area contributed by atoms with Crippen molar-refractivity contribution in [1.29, 1.82) is 0 Å². The van der Waals surface area contributed by atoms with Crippen molar-refractivity contribution in [3.63, 3.8) is 0 Å². The monoisotopic (exact) mass is 263 g/mol. The second-order valence-corrected chi connectivity index (χ2v) is 4.23. The number of hydrogen-bond acceptors (Lipinski definition) is 3. The Balaban J connectivity index is 2.71. The number of nitrogens with one attached hydrogen (secondary N) is 1. The number of hydrogen-bond donors (Lipinski definition) is 1. The van der Waals surface area contributed by atoms with Crippen molar-refractivity contribution in [3.8, 4) is 0 Å². The predicted molar refractivity (Wildman–Crippen MR) is 78.5 cm³/mol. The van der Waals surface area contributed by atoms with Crippen LogP contribution >= 0.6 is 0 Å². The van der Waals surface area contributed by atoms with Crippen LogP contribution in [0.2, 0.25) is 0 Å². The molecule has 0 fully saturated rings. The quantitative estimate of drug-likeness (QED) is 0.505. The zero-order valence-corrected chi connectivity index (χ0v) is 11.9. The predicted octanol–water partition coefficient (Wildman–Crippen LogP) is 2.84. The van der Waals surface area contributed by atoms with Gasteiger partial charge in [-0.2, -0.15) is 0 Å². The SMILES string of the molecule is CCCC(=O)Nc1ccc(N(C)C(C)=NOC)cc1. The Bertz CT molecular complexity index is 441. The summed E-state index contributed by atoms with van der Waals surface area (Å²) in [6, 6.07) is 7.60. The molecule has 0 aliphatic carbocycles. The summed E-state index contributed by atoms with van der Waals surface area (Å²) in [5, 5.41) is 6.72. The van der Waals surface area contributed by atoms with Gasteiger partial charge in [0, 0.05) is 24.8 Å². The first-order chi connectivity index (χ1) is 9.08. The second-order valence-electron chi connectivity index (χ2n) is 4.23. The summed E-state index contributed by atoms with van der Waals surface area (Å²) >= 11 is 0. The van der Waals surface area contributed by atoms with Crippen molar-refractivity contribution < 1.29 is 9.63 Å². The zero-order chi connectivity index (χ0) is 14.3. The molecule has 5 heteroatoms. The van der Waals surface area contributed by atoms with Gasteiger partial charge >= 0.3 is 0 Å². The molecule has 0 saturated carbocycles. The topological polar surface area (TPSA) is 53.9 Å². The number of benzene rings is 1. The van der Waals surface area contributed by atoms with Crippen molar-refractivity contribution in [2.24, 2.45) is 5.16 Å². The Labute approximate surface area is 114 Å². The van der Waals surface area contributed by atoms with Gasteiger partial charge < -0.3 is 15.1 Å². The molecule has 1 rings (SSSR count). The van der Waals surface area contributed by atoms with Crippen LogP contribution in [0.1, 0.15) is 26.7 Å². The van der Waals surface area contributed by atoms with E-state index in [0.717, 1.165) is 23.6 Å². The van der Waals surface area contributed by atoms with E-state index in [4.69, 9.17) is 4.84 Å². The molecular weight excluding hydrogens is 242 g/mol. The van der Waals surface area contributed by atoms with Crippen LogP contribution < -0.4 is 10.2 Å². The van der Waals surface area contributed by atoms with Crippen molar-refractivity contribution in [2.45, 2.75) is 26.7 Å². The fourth-order valence-electron chi connectivity index (χ4n) is 1.60. The van der Waals surface area contributed by atoms with Crippen molar-refractivity contribution in [3.05, 3.63) is 24.3 Å². The van der Waals surface area contributed by atoms with E-state index in [9.17, 15) is 4.79 Å². The molecule has 104 valence electrons. The Kier molecular flexibility index (Phi) is 5.85. The Hall–Kier alpha value is -2.04. The van der Waals surface area contributed by atoms with E-state index < -0.39 is 0 Å². The molecule has 19 heavy (non-hydrogen) atoms. The normalized spacial score (nSPS) is 11.1. The molecule has 5 nitrogen and oxygen atoms in total. The van der Waals surface area contributed by atoms with E-state index in [1.54, 1.807) is 0 Å². The first kappa shape index (κ1) is 15.0. The minimum Gasteiger partial charge on any atom is -0.398 e. The first-order valence-corrected chi connectivity index (χ1v) is 6.30. The molecule has 0 bridgehead atoms. The molecule has 0 unspecified atom stereocenters. The standard InChI is InChI=1S/C14H21N3O2/c1-5-6-14(18)15-12-7-9-13(10-8-12)17(3)11(2)16-19-4/h7-10H,5-6H2,1-4H3,(H,15,18). The highest BCUT2D eigenvalue weighted by atomic mass is 16.6. The minimum atomic E-state index is 0.0423. The fraction of sp³-hybridized carbons (Fsp3) is 0.429. The number of anilines is 2. The third kappa shape index (κ3) is 4.62. The van der Waals surface area contributed by atoms with E-state index >= 15 is 0 Å². The number of amidine groups is 1. The Morgan fingerprint density at radius 1 is 1.37 bits per heavy atom. The maximum Gasteiger partial charge on any atom is 0.224 e. The van der Waals surface area contributed by atoms with E-state index in [2.05, 4.69) is 10.5 Å². The van der Waals surface area contributed by atoms with Gasteiger partial charge in [0.2, 0.25) is 5.91 Å². The van der Waals surface area contributed by atoms with E-state index in [1.807, 2.05) is 50.1 Å². The molecule has 1 aromatic rings. The van der Waals surface area contributed by atoms with Crippen LogP contribution in [0.25, 0.3) is 0 Å². The van der Waals surface area contributed by atoms with E-state index in [1.165, 1.54) is 7.11 Å². The summed E-state index contributed by atoms with van der Waals surface area (Å²) < 4.78 is 0. The average molecular weight is 263 g/mol. The number of carbonyl (C=O) groups is 1. The van der Waals surface area contributed by atoms with Gasteiger partial charge in [-0.3, -0.25) is 4.79 Å². The molecule has 0 radical (unpaired) electrons.